The highest BCUT2D eigenvalue weighted by molar-refractivity contribution is 6.01. The summed E-state index contributed by atoms with van der Waals surface area (Å²) in [5, 5.41) is 15.2. The molecule has 1 aliphatic heterocycles. The van der Waals surface area contributed by atoms with Gasteiger partial charge in [0.1, 0.15) is 0 Å². The van der Waals surface area contributed by atoms with Gasteiger partial charge in [0, 0.05) is 19.7 Å². The van der Waals surface area contributed by atoms with Crippen LogP contribution in [0.25, 0.3) is 0 Å². The van der Waals surface area contributed by atoms with Gasteiger partial charge in [0.25, 0.3) is 0 Å². The van der Waals surface area contributed by atoms with Gasteiger partial charge in [0.2, 0.25) is 0 Å². The summed E-state index contributed by atoms with van der Waals surface area (Å²) in [6.07, 6.45) is 0. The Balaban J connectivity index is 2.31. The number of nitriles is 1. The van der Waals surface area contributed by atoms with Crippen molar-refractivity contribution in [1.29, 1.82) is 5.26 Å². The van der Waals surface area contributed by atoms with Crippen molar-refractivity contribution in [2.75, 3.05) is 14.1 Å². The maximum Gasteiger partial charge on any atom is 0.360 e. The Morgan fingerprint density at radius 2 is 1.82 bits per heavy atom. The summed E-state index contributed by atoms with van der Waals surface area (Å²) < 4.78 is 0. The van der Waals surface area contributed by atoms with Gasteiger partial charge in [-0.05, 0) is 24.3 Å². The third kappa shape index (κ3) is 2.03. The first-order valence-corrected chi connectivity index (χ1v) is 4.94. The van der Waals surface area contributed by atoms with Gasteiger partial charge >= 0.3 is 6.03 Å². The van der Waals surface area contributed by atoms with Gasteiger partial charge in [-0.2, -0.15) is 5.26 Å². The summed E-state index contributed by atoms with van der Waals surface area (Å²) in [6.45, 7) is 0. The van der Waals surface area contributed by atoms with Crippen LogP contribution < -0.4 is 5.43 Å². The molecule has 0 saturated heterocycles. The summed E-state index contributed by atoms with van der Waals surface area (Å²) in [5.74, 6) is 0.444. The molecule has 0 bridgehead atoms. The third-order valence-corrected chi connectivity index (χ3v) is 2.32. The summed E-state index contributed by atoms with van der Waals surface area (Å²) in [4.78, 5) is 11.4. The molecule has 0 atom stereocenters. The number of rotatable bonds is 1. The Hall–Kier alpha value is -2.55. The minimum atomic E-state index is -0.289. The fourth-order valence-corrected chi connectivity index (χ4v) is 1.41. The SMILES string of the molecule is CN1[N]C(c2ccc(C#N)cc2)=NN(C)C1=O. The van der Waals surface area contributed by atoms with Gasteiger partial charge in [0.05, 0.1) is 11.6 Å². The van der Waals surface area contributed by atoms with Crippen LogP contribution in [0.3, 0.4) is 0 Å². The van der Waals surface area contributed by atoms with Crippen LogP contribution in [0.2, 0.25) is 0 Å². The van der Waals surface area contributed by atoms with Gasteiger partial charge < -0.3 is 0 Å². The number of hydrogen-bond donors (Lipinski definition) is 0. The van der Waals surface area contributed by atoms with Crippen LogP contribution in [0.15, 0.2) is 29.4 Å². The highest BCUT2D eigenvalue weighted by Crippen LogP contribution is 2.09. The van der Waals surface area contributed by atoms with E-state index in [0.717, 1.165) is 5.56 Å². The Morgan fingerprint density at radius 1 is 1.18 bits per heavy atom. The molecule has 0 N–H and O–H groups in total. The lowest BCUT2D eigenvalue weighted by atomic mass is 10.1. The molecular formula is C11H10N5O. The van der Waals surface area contributed by atoms with E-state index in [1.165, 1.54) is 10.0 Å². The number of benzene rings is 1. The lowest BCUT2D eigenvalue weighted by Gasteiger charge is -2.26. The molecule has 1 radical (unpaired) electrons. The van der Waals surface area contributed by atoms with E-state index in [-0.39, 0.29) is 6.03 Å². The minimum absolute atomic E-state index is 0.289. The van der Waals surface area contributed by atoms with E-state index < -0.39 is 0 Å². The molecule has 85 valence electrons. The quantitative estimate of drug-likeness (QED) is 0.710. The van der Waals surface area contributed by atoms with E-state index in [0.29, 0.717) is 11.4 Å². The number of hydrogen-bond acceptors (Lipinski definition) is 3. The Bertz CT molecular complexity index is 514. The van der Waals surface area contributed by atoms with Crippen LogP contribution >= 0.6 is 0 Å². The van der Waals surface area contributed by atoms with Crippen LogP contribution in [0, 0.1) is 11.3 Å². The maximum absolute atomic E-state index is 11.4. The Morgan fingerprint density at radius 3 is 2.35 bits per heavy atom. The van der Waals surface area contributed by atoms with Crippen LogP contribution in [0.4, 0.5) is 4.79 Å². The molecule has 6 nitrogen and oxygen atoms in total. The number of carbonyl (C=O) groups excluding carboxylic acids is 1. The van der Waals surface area contributed by atoms with Crippen molar-refractivity contribution in [3.05, 3.63) is 35.4 Å². The zero-order chi connectivity index (χ0) is 12.4. The van der Waals surface area contributed by atoms with Crippen molar-refractivity contribution in [1.82, 2.24) is 15.4 Å². The number of amides is 2. The van der Waals surface area contributed by atoms with Crippen molar-refractivity contribution in [2.45, 2.75) is 0 Å². The summed E-state index contributed by atoms with van der Waals surface area (Å²) in [7, 11) is 3.13. The first kappa shape index (κ1) is 11.0. The van der Waals surface area contributed by atoms with Gasteiger partial charge in [-0.25, -0.2) is 14.8 Å². The van der Waals surface area contributed by atoms with E-state index >= 15 is 0 Å². The predicted molar refractivity (Wildman–Crippen MR) is 60.8 cm³/mol. The fraction of sp³-hybridized carbons (Fsp3) is 0.182. The monoisotopic (exact) mass is 228 g/mol. The molecule has 0 spiro atoms. The van der Waals surface area contributed by atoms with Crippen LogP contribution in [0.1, 0.15) is 11.1 Å². The Labute approximate surface area is 98.7 Å². The number of amidine groups is 1. The van der Waals surface area contributed by atoms with E-state index in [2.05, 4.69) is 10.5 Å². The topological polar surface area (TPSA) is 73.8 Å². The molecule has 6 heteroatoms. The molecule has 1 aromatic carbocycles. The molecule has 2 amide bonds. The summed E-state index contributed by atoms with van der Waals surface area (Å²) >= 11 is 0. The average molecular weight is 228 g/mol. The second-order valence-electron chi connectivity index (χ2n) is 3.54. The highest BCUT2D eigenvalue weighted by atomic mass is 16.2. The fourth-order valence-electron chi connectivity index (χ4n) is 1.41. The van der Waals surface area contributed by atoms with E-state index in [9.17, 15) is 4.79 Å². The predicted octanol–water partition coefficient (Wildman–Crippen LogP) is 0.736. The van der Waals surface area contributed by atoms with E-state index in [1.54, 1.807) is 38.4 Å². The van der Waals surface area contributed by atoms with Gasteiger partial charge in [-0.1, -0.05) is 0 Å². The van der Waals surface area contributed by atoms with Crippen molar-refractivity contribution in [3.63, 3.8) is 0 Å². The van der Waals surface area contributed by atoms with Crippen LogP contribution in [-0.4, -0.2) is 36.0 Å². The molecule has 1 aromatic rings. The molecule has 0 unspecified atom stereocenters. The lowest BCUT2D eigenvalue weighted by Crippen LogP contribution is -2.48. The van der Waals surface area contributed by atoms with Gasteiger partial charge in [-0.15, -0.1) is 10.5 Å². The average Bonchev–Trinajstić information content (AvgIpc) is 2.35. The minimum Gasteiger partial charge on any atom is -0.244 e. The zero-order valence-corrected chi connectivity index (χ0v) is 9.45. The third-order valence-electron chi connectivity index (χ3n) is 2.32. The number of hydrazone groups is 1. The zero-order valence-electron chi connectivity index (χ0n) is 9.45. The standard InChI is InChI=1S/C11H10N5O/c1-15-11(17)16(2)14-10(13-15)9-5-3-8(7-12)4-6-9/h3-6H,1-2H3. The molecule has 2 rings (SSSR count). The second kappa shape index (κ2) is 4.14. The lowest BCUT2D eigenvalue weighted by molar-refractivity contribution is 0.155. The van der Waals surface area contributed by atoms with Crippen LogP contribution in [-0.2, 0) is 0 Å². The molecule has 0 fully saturated rings. The van der Waals surface area contributed by atoms with E-state index in [4.69, 9.17) is 5.26 Å². The molecule has 0 aromatic heterocycles. The first-order valence-electron chi connectivity index (χ1n) is 4.94. The highest BCUT2D eigenvalue weighted by Gasteiger charge is 2.24. The molecule has 0 aliphatic carbocycles. The molecule has 0 saturated carbocycles. The van der Waals surface area contributed by atoms with Crippen molar-refractivity contribution >= 4 is 11.9 Å². The number of carbonyl (C=O) groups is 1. The van der Waals surface area contributed by atoms with Crippen LogP contribution in [0.5, 0.6) is 0 Å². The van der Waals surface area contributed by atoms with E-state index in [1.807, 2.05) is 6.07 Å². The first-order chi connectivity index (χ1) is 8.11. The maximum atomic E-state index is 11.4. The Kier molecular flexibility index (Phi) is 2.66. The van der Waals surface area contributed by atoms with Gasteiger partial charge in [0.15, 0.2) is 5.84 Å². The largest absolute Gasteiger partial charge is 0.360 e. The molecule has 1 aliphatic rings. The number of urea groups is 1. The molecule has 17 heavy (non-hydrogen) atoms. The van der Waals surface area contributed by atoms with Gasteiger partial charge in [-0.3, -0.25) is 0 Å². The second-order valence-corrected chi connectivity index (χ2v) is 3.54. The number of nitrogens with zero attached hydrogens (tertiary/aromatic N) is 5. The van der Waals surface area contributed by atoms with Crippen molar-refractivity contribution < 1.29 is 4.79 Å². The smallest absolute Gasteiger partial charge is 0.244 e. The van der Waals surface area contributed by atoms with Crippen molar-refractivity contribution in [3.8, 4) is 6.07 Å². The molecular weight excluding hydrogens is 218 g/mol. The van der Waals surface area contributed by atoms with Crippen molar-refractivity contribution in [2.24, 2.45) is 5.10 Å². The summed E-state index contributed by atoms with van der Waals surface area (Å²) in [5.41, 5.74) is 5.38. The molecule has 1 heterocycles. The normalized spacial score (nSPS) is 15.1. The summed E-state index contributed by atoms with van der Waals surface area (Å²) in [6, 6.07) is 8.61.